The molecule has 0 saturated carbocycles. The van der Waals surface area contributed by atoms with E-state index in [1.54, 1.807) is 0 Å². The molecule has 2 N–H and O–H groups in total. The molecule has 0 aromatic heterocycles. The van der Waals surface area contributed by atoms with E-state index in [0.29, 0.717) is 0 Å². The van der Waals surface area contributed by atoms with Crippen LogP contribution in [0, 0.1) is 15.9 Å². The van der Waals surface area contributed by atoms with Crippen LogP contribution < -0.4 is 10.2 Å². The van der Waals surface area contributed by atoms with Gasteiger partial charge in [-0.05, 0) is 12.1 Å². The zero-order chi connectivity index (χ0) is 11.6. The van der Waals surface area contributed by atoms with Crippen molar-refractivity contribution in [1.29, 1.82) is 0 Å². The van der Waals surface area contributed by atoms with Gasteiger partial charge in [0.2, 0.25) is 0 Å². The van der Waals surface area contributed by atoms with Crippen molar-refractivity contribution in [2.24, 2.45) is 0 Å². The van der Waals surface area contributed by atoms with Gasteiger partial charge in [0.1, 0.15) is 5.82 Å². The molecule has 0 heterocycles. The summed E-state index contributed by atoms with van der Waals surface area (Å²) in [4.78, 5) is 9.66. The molecule has 0 saturated heterocycles. The van der Waals surface area contributed by atoms with Gasteiger partial charge >= 0.3 is 12.8 Å². The maximum absolute atomic E-state index is 13.1. The lowest BCUT2D eigenvalue weighted by Crippen LogP contribution is -2.35. The van der Waals surface area contributed by atoms with E-state index >= 15 is 0 Å². The molecule has 8 heteroatoms. The van der Waals surface area contributed by atoms with Gasteiger partial charge in [-0.2, -0.15) is 0 Å². The first-order chi connectivity index (χ1) is 6.99. The molecule has 0 amide bonds. The van der Waals surface area contributed by atoms with E-state index in [2.05, 4.69) is 4.74 Å². The average molecular weight is 215 g/mol. The van der Waals surface area contributed by atoms with Crippen molar-refractivity contribution < 1.29 is 24.1 Å². The summed E-state index contributed by atoms with van der Waals surface area (Å²) in [5, 5.41) is 28.2. The highest BCUT2D eigenvalue weighted by molar-refractivity contribution is 6.60. The van der Waals surface area contributed by atoms with Crippen LogP contribution in [0.4, 0.5) is 10.1 Å². The highest BCUT2D eigenvalue weighted by Crippen LogP contribution is 2.25. The molecule has 0 fully saturated rings. The van der Waals surface area contributed by atoms with E-state index in [-0.39, 0.29) is 5.75 Å². The molecule has 80 valence electrons. The Kier molecular flexibility index (Phi) is 3.22. The van der Waals surface area contributed by atoms with Crippen LogP contribution in [0.1, 0.15) is 0 Å². The molecule has 0 spiro atoms. The highest BCUT2D eigenvalue weighted by Gasteiger charge is 2.31. The van der Waals surface area contributed by atoms with Crippen molar-refractivity contribution in [1.82, 2.24) is 0 Å². The van der Waals surface area contributed by atoms with E-state index in [1.165, 1.54) is 0 Å². The van der Waals surface area contributed by atoms with Crippen molar-refractivity contribution in [3.8, 4) is 5.75 Å². The highest BCUT2D eigenvalue weighted by atomic mass is 19.1. The molecule has 1 aromatic rings. The first-order valence-corrected chi connectivity index (χ1v) is 3.86. The van der Waals surface area contributed by atoms with Crippen molar-refractivity contribution in [2.45, 2.75) is 0 Å². The zero-order valence-electron chi connectivity index (χ0n) is 7.68. The van der Waals surface area contributed by atoms with Gasteiger partial charge in [-0.25, -0.2) is 4.39 Å². The Morgan fingerprint density at radius 1 is 1.53 bits per heavy atom. The number of methoxy groups -OCH3 is 1. The van der Waals surface area contributed by atoms with Crippen LogP contribution in [-0.4, -0.2) is 29.2 Å². The standard InChI is InChI=1S/C7H7BFNO5/c1-15-5-3-2-4(9)6(8(11)12)7(5)10(13)14/h2-3,11-12H,1H3. The summed E-state index contributed by atoms with van der Waals surface area (Å²) >= 11 is 0. The number of benzene rings is 1. The number of halogens is 1. The van der Waals surface area contributed by atoms with Crippen LogP contribution in [0.2, 0.25) is 0 Å². The predicted octanol–water partition coefficient (Wildman–Crippen LogP) is -0.578. The van der Waals surface area contributed by atoms with E-state index in [1.807, 2.05) is 0 Å². The summed E-state index contributed by atoms with van der Waals surface area (Å²) in [7, 11) is -1.10. The molecular weight excluding hydrogens is 208 g/mol. The smallest absolute Gasteiger partial charge is 0.490 e. The summed E-state index contributed by atoms with van der Waals surface area (Å²) in [6.07, 6.45) is 0. The number of nitro benzene ring substituents is 1. The van der Waals surface area contributed by atoms with Crippen molar-refractivity contribution in [3.05, 3.63) is 28.1 Å². The summed E-state index contributed by atoms with van der Waals surface area (Å²) in [6.45, 7) is 0. The third kappa shape index (κ3) is 2.05. The van der Waals surface area contributed by atoms with E-state index < -0.39 is 29.0 Å². The fourth-order valence-corrected chi connectivity index (χ4v) is 1.16. The summed E-state index contributed by atoms with van der Waals surface area (Å²) in [6, 6.07) is 1.90. The average Bonchev–Trinajstić information content (AvgIpc) is 2.16. The molecular formula is C7H7BFNO5. The summed E-state index contributed by atoms with van der Waals surface area (Å²) in [5.41, 5.74) is -1.59. The van der Waals surface area contributed by atoms with Crippen LogP contribution in [0.25, 0.3) is 0 Å². The minimum absolute atomic E-state index is 0.232. The minimum Gasteiger partial charge on any atom is -0.490 e. The topological polar surface area (TPSA) is 92.8 Å². The van der Waals surface area contributed by atoms with Crippen LogP contribution in [0.15, 0.2) is 12.1 Å². The Bertz CT molecular complexity index is 397. The van der Waals surface area contributed by atoms with Crippen molar-refractivity contribution in [3.63, 3.8) is 0 Å². The van der Waals surface area contributed by atoms with E-state index in [9.17, 15) is 14.5 Å². The van der Waals surface area contributed by atoms with Gasteiger partial charge in [-0.15, -0.1) is 0 Å². The Hall–Kier alpha value is -1.67. The molecule has 0 aliphatic carbocycles. The Labute approximate surface area is 84.2 Å². The summed E-state index contributed by atoms with van der Waals surface area (Å²) in [5.74, 6) is -1.30. The maximum atomic E-state index is 13.1. The lowest BCUT2D eigenvalue weighted by molar-refractivity contribution is -0.384. The normalized spacial score (nSPS) is 9.87. The number of nitrogens with zero attached hydrogens (tertiary/aromatic N) is 1. The third-order valence-corrected chi connectivity index (χ3v) is 1.79. The molecule has 1 aromatic carbocycles. The van der Waals surface area contributed by atoms with Gasteiger partial charge in [0, 0.05) is 0 Å². The molecule has 0 aliphatic heterocycles. The van der Waals surface area contributed by atoms with Gasteiger partial charge in [0.25, 0.3) is 0 Å². The number of hydrogen-bond donors (Lipinski definition) is 2. The number of ether oxygens (including phenoxy) is 1. The Balaban J connectivity index is 3.51. The Morgan fingerprint density at radius 2 is 2.13 bits per heavy atom. The quantitative estimate of drug-likeness (QED) is 0.399. The van der Waals surface area contributed by atoms with E-state index in [0.717, 1.165) is 19.2 Å². The SMILES string of the molecule is COc1ccc(F)c(B(O)O)c1[N+](=O)[O-]. The number of nitro groups is 1. The lowest BCUT2D eigenvalue weighted by Gasteiger charge is -2.06. The second kappa shape index (κ2) is 4.24. The molecule has 0 radical (unpaired) electrons. The predicted molar refractivity (Wildman–Crippen MR) is 49.4 cm³/mol. The van der Waals surface area contributed by atoms with Gasteiger partial charge in [0.05, 0.1) is 17.5 Å². The van der Waals surface area contributed by atoms with Crippen LogP contribution in [0.3, 0.4) is 0 Å². The minimum atomic E-state index is -2.26. The van der Waals surface area contributed by atoms with Crippen molar-refractivity contribution in [2.75, 3.05) is 7.11 Å². The molecule has 0 atom stereocenters. The summed E-state index contributed by atoms with van der Waals surface area (Å²) < 4.78 is 17.7. The largest absolute Gasteiger partial charge is 0.498 e. The van der Waals surface area contributed by atoms with Gasteiger partial charge < -0.3 is 14.8 Å². The molecule has 0 aliphatic rings. The monoisotopic (exact) mass is 215 g/mol. The number of hydrogen-bond acceptors (Lipinski definition) is 5. The fourth-order valence-electron chi connectivity index (χ4n) is 1.16. The van der Waals surface area contributed by atoms with Gasteiger partial charge in [-0.3, -0.25) is 10.1 Å². The number of rotatable bonds is 3. The van der Waals surface area contributed by atoms with Gasteiger partial charge in [0.15, 0.2) is 5.75 Å². The van der Waals surface area contributed by atoms with Crippen molar-refractivity contribution >= 4 is 18.3 Å². The lowest BCUT2D eigenvalue weighted by atomic mass is 9.78. The second-order valence-corrected chi connectivity index (χ2v) is 2.64. The Morgan fingerprint density at radius 3 is 2.53 bits per heavy atom. The van der Waals surface area contributed by atoms with Crippen LogP contribution >= 0.6 is 0 Å². The molecule has 0 unspecified atom stereocenters. The fraction of sp³-hybridized carbons (Fsp3) is 0.143. The molecule has 0 bridgehead atoms. The van der Waals surface area contributed by atoms with Crippen LogP contribution in [0.5, 0.6) is 5.75 Å². The van der Waals surface area contributed by atoms with E-state index in [4.69, 9.17) is 10.0 Å². The first-order valence-electron chi connectivity index (χ1n) is 3.86. The maximum Gasteiger partial charge on any atom is 0.498 e. The molecule has 1 rings (SSSR count). The first kappa shape index (κ1) is 11.4. The molecule has 15 heavy (non-hydrogen) atoms. The zero-order valence-corrected chi connectivity index (χ0v) is 7.68. The van der Waals surface area contributed by atoms with Gasteiger partial charge in [-0.1, -0.05) is 0 Å². The second-order valence-electron chi connectivity index (χ2n) is 2.64. The third-order valence-electron chi connectivity index (χ3n) is 1.79. The van der Waals surface area contributed by atoms with Crippen LogP contribution in [-0.2, 0) is 0 Å². The molecule has 6 nitrogen and oxygen atoms in total.